The topological polar surface area (TPSA) is 49.0 Å². The fourth-order valence-electron chi connectivity index (χ4n) is 5.41. The molecular formula is C40H30BrN3. The number of hydrogen-bond donors (Lipinski definition) is 0. The van der Waals surface area contributed by atoms with Crippen molar-refractivity contribution in [3.8, 4) is 28.3 Å². The monoisotopic (exact) mass is 631 g/mol. The summed E-state index contributed by atoms with van der Waals surface area (Å²) < 4.78 is 0.975. The number of aromatic nitrogens is 1. The van der Waals surface area contributed by atoms with Crippen LogP contribution in [0.5, 0.6) is 0 Å². The molecule has 5 aromatic carbocycles. The summed E-state index contributed by atoms with van der Waals surface area (Å²) in [5.74, 6) is 0. The molecule has 0 N–H and O–H groups in total. The molecule has 0 amide bonds. The quantitative estimate of drug-likeness (QED) is 0.164. The highest BCUT2D eigenvalue weighted by Gasteiger charge is 2.13. The van der Waals surface area contributed by atoms with Crippen LogP contribution in [0.2, 0.25) is 0 Å². The Morgan fingerprint density at radius 1 is 0.773 bits per heavy atom. The van der Waals surface area contributed by atoms with Crippen LogP contribution in [0.3, 0.4) is 0 Å². The molecule has 6 aromatic rings. The molecular weight excluding hydrogens is 602 g/mol. The van der Waals surface area contributed by atoms with Crippen LogP contribution in [0.1, 0.15) is 42.1 Å². The van der Waals surface area contributed by atoms with Crippen LogP contribution in [-0.4, -0.2) is 10.7 Å². The second kappa shape index (κ2) is 13.0. The molecule has 0 saturated carbocycles. The van der Waals surface area contributed by atoms with Gasteiger partial charge in [-0.25, -0.2) is 0 Å². The molecule has 1 aromatic heterocycles. The Labute approximate surface area is 267 Å². The molecule has 0 bridgehead atoms. The van der Waals surface area contributed by atoms with E-state index in [0.29, 0.717) is 5.56 Å². The zero-order valence-corrected chi connectivity index (χ0v) is 26.2. The minimum Gasteiger partial charge on any atom is -0.277 e. The summed E-state index contributed by atoms with van der Waals surface area (Å²) in [6.07, 6.45) is 4.00. The molecule has 0 saturated heterocycles. The summed E-state index contributed by atoms with van der Waals surface area (Å²) in [4.78, 5) is 9.83. The normalized spacial score (nSPS) is 12.6. The number of halogens is 1. The summed E-state index contributed by atoms with van der Waals surface area (Å²) >= 11 is 3.79. The fourth-order valence-corrected chi connectivity index (χ4v) is 5.90. The van der Waals surface area contributed by atoms with Crippen molar-refractivity contribution in [3.05, 3.63) is 166 Å². The maximum Gasteiger partial charge on any atom is 0.0991 e. The van der Waals surface area contributed by atoms with Crippen LogP contribution in [0.4, 0.5) is 0 Å². The fraction of sp³-hybridized carbons (Fsp3) is 0.0750. The minimum absolute atomic E-state index is 0.119. The predicted octanol–water partition coefficient (Wildman–Crippen LogP) is 10.9. The van der Waals surface area contributed by atoms with Crippen molar-refractivity contribution < 1.29 is 0 Å². The van der Waals surface area contributed by atoms with Gasteiger partial charge in [0.1, 0.15) is 0 Å². The Kier molecular flexibility index (Phi) is 8.59. The van der Waals surface area contributed by atoms with Crippen molar-refractivity contribution in [1.82, 2.24) is 4.98 Å². The van der Waals surface area contributed by atoms with Crippen LogP contribution >= 0.6 is 15.9 Å². The average Bonchev–Trinajstić information content (AvgIpc) is 3.08. The van der Waals surface area contributed by atoms with Crippen LogP contribution in [-0.2, 0) is 0 Å². The molecule has 0 spiro atoms. The number of benzene rings is 5. The number of rotatable bonds is 7. The number of hydrogen-bond acceptors (Lipinski definition) is 3. The van der Waals surface area contributed by atoms with Gasteiger partial charge in [0.05, 0.1) is 28.9 Å². The van der Waals surface area contributed by atoms with Gasteiger partial charge in [-0.3, -0.25) is 9.98 Å². The lowest BCUT2D eigenvalue weighted by Gasteiger charge is -2.14. The van der Waals surface area contributed by atoms with Crippen molar-refractivity contribution in [2.45, 2.75) is 19.9 Å². The van der Waals surface area contributed by atoms with Crippen molar-refractivity contribution in [2.75, 3.05) is 0 Å². The molecule has 0 aliphatic heterocycles. The Morgan fingerprint density at radius 3 is 2.27 bits per heavy atom. The Morgan fingerprint density at radius 2 is 1.52 bits per heavy atom. The van der Waals surface area contributed by atoms with E-state index in [9.17, 15) is 5.26 Å². The standard InChI is InChI=1S/C40H30BrN3/c1-27(30-17-19-33(20-18-30)32-8-4-3-5-9-32)22-40(44-28(2)31-15-13-29(26-42)14-16-31)35-23-34(24-36(41)25-35)37-10-6-12-39-38(37)11-7-21-43-39/h3-25,28H,1-2H3/b27-22+,44-40?. The van der Waals surface area contributed by atoms with E-state index >= 15 is 0 Å². The predicted molar refractivity (Wildman–Crippen MR) is 187 cm³/mol. The molecule has 1 unspecified atom stereocenters. The van der Waals surface area contributed by atoms with Gasteiger partial charge >= 0.3 is 0 Å². The third-order valence-electron chi connectivity index (χ3n) is 7.81. The Hall–Kier alpha value is -5.11. The van der Waals surface area contributed by atoms with Crippen LogP contribution in [0.15, 0.2) is 149 Å². The van der Waals surface area contributed by atoms with Gasteiger partial charge in [-0.15, -0.1) is 0 Å². The van der Waals surface area contributed by atoms with Crippen LogP contribution in [0.25, 0.3) is 38.7 Å². The third kappa shape index (κ3) is 6.44. The first kappa shape index (κ1) is 29.0. The molecule has 212 valence electrons. The Bertz CT molecular complexity index is 2030. The second-order valence-electron chi connectivity index (χ2n) is 10.8. The third-order valence-corrected chi connectivity index (χ3v) is 8.26. The lowest BCUT2D eigenvalue weighted by molar-refractivity contribution is 0.821. The molecule has 4 heteroatoms. The SMILES string of the molecule is C/C(=C\C(=NC(C)c1ccc(C#N)cc1)c1cc(Br)cc(-c2cccc3ncccc23)c1)c1ccc(-c2ccccc2)cc1. The summed E-state index contributed by atoms with van der Waals surface area (Å²) in [6.45, 7) is 4.23. The highest BCUT2D eigenvalue weighted by molar-refractivity contribution is 9.10. The van der Waals surface area contributed by atoms with E-state index in [2.05, 4.69) is 132 Å². The number of pyridine rings is 1. The average molecular weight is 633 g/mol. The van der Waals surface area contributed by atoms with E-state index in [1.54, 1.807) is 0 Å². The van der Waals surface area contributed by atoms with E-state index in [0.717, 1.165) is 54.5 Å². The molecule has 44 heavy (non-hydrogen) atoms. The second-order valence-corrected chi connectivity index (χ2v) is 11.7. The van der Waals surface area contributed by atoms with E-state index in [-0.39, 0.29) is 6.04 Å². The van der Waals surface area contributed by atoms with Crippen molar-refractivity contribution in [1.29, 1.82) is 5.26 Å². The number of allylic oxidation sites excluding steroid dienone is 2. The molecule has 0 radical (unpaired) electrons. The summed E-state index contributed by atoms with van der Waals surface area (Å²) in [7, 11) is 0. The molecule has 0 aliphatic rings. The summed E-state index contributed by atoms with van der Waals surface area (Å²) in [5, 5.41) is 10.4. The highest BCUT2D eigenvalue weighted by atomic mass is 79.9. The smallest absolute Gasteiger partial charge is 0.0991 e. The molecule has 1 heterocycles. The minimum atomic E-state index is -0.119. The largest absolute Gasteiger partial charge is 0.277 e. The molecule has 0 aliphatic carbocycles. The van der Waals surface area contributed by atoms with Crippen LogP contribution in [0, 0.1) is 11.3 Å². The van der Waals surface area contributed by atoms with Gasteiger partial charge in [-0.2, -0.15) is 5.26 Å². The van der Waals surface area contributed by atoms with E-state index in [1.165, 1.54) is 11.1 Å². The van der Waals surface area contributed by atoms with Gasteiger partial charge in [0, 0.05) is 21.6 Å². The van der Waals surface area contributed by atoms with E-state index in [4.69, 9.17) is 4.99 Å². The van der Waals surface area contributed by atoms with Crippen molar-refractivity contribution >= 4 is 38.1 Å². The first-order valence-electron chi connectivity index (χ1n) is 14.6. The molecule has 6 rings (SSSR count). The van der Waals surface area contributed by atoms with Gasteiger partial charge in [-0.05, 0) is 101 Å². The van der Waals surface area contributed by atoms with Crippen molar-refractivity contribution in [3.63, 3.8) is 0 Å². The summed E-state index contributed by atoms with van der Waals surface area (Å²) in [5.41, 5.74) is 11.4. The van der Waals surface area contributed by atoms with Gasteiger partial charge in [0.25, 0.3) is 0 Å². The van der Waals surface area contributed by atoms with Gasteiger partial charge < -0.3 is 0 Å². The number of aliphatic imine (C=N–C) groups is 1. The Balaban J connectivity index is 1.44. The molecule has 0 fully saturated rings. The van der Waals surface area contributed by atoms with Crippen LogP contribution < -0.4 is 0 Å². The number of fused-ring (bicyclic) bond motifs is 1. The summed E-state index contributed by atoms with van der Waals surface area (Å²) in [6, 6.07) is 45.7. The maximum atomic E-state index is 9.27. The lowest BCUT2D eigenvalue weighted by Crippen LogP contribution is -2.03. The number of nitriles is 1. The van der Waals surface area contributed by atoms with E-state index < -0.39 is 0 Å². The highest BCUT2D eigenvalue weighted by Crippen LogP contribution is 2.32. The van der Waals surface area contributed by atoms with Gasteiger partial charge in [-0.1, -0.05) is 101 Å². The number of nitrogens with zero attached hydrogens (tertiary/aromatic N) is 3. The van der Waals surface area contributed by atoms with Gasteiger partial charge in [0.2, 0.25) is 0 Å². The van der Waals surface area contributed by atoms with Crippen molar-refractivity contribution in [2.24, 2.45) is 4.99 Å². The van der Waals surface area contributed by atoms with E-state index in [1.807, 2.05) is 48.7 Å². The lowest BCUT2D eigenvalue weighted by atomic mass is 9.95. The first-order valence-corrected chi connectivity index (χ1v) is 15.3. The molecule has 1 atom stereocenters. The molecule has 3 nitrogen and oxygen atoms in total. The first-order chi connectivity index (χ1) is 21.5. The zero-order valence-electron chi connectivity index (χ0n) is 24.6. The maximum absolute atomic E-state index is 9.27. The van der Waals surface area contributed by atoms with Gasteiger partial charge in [0.15, 0.2) is 0 Å². The zero-order chi connectivity index (χ0) is 30.5.